The second-order valence-electron chi connectivity index (χ2n) is 9.39. The minimum atomic E-state index is -0.315. The van der Waals surface area contributed by atoms with Gasteiger partial charge >= 0.3 is 0 Å². The number of benzene rings is 1. The second-order valence-corrected chi connectivity index (χ2v) is 9.39. The Kier molecular flexibility index (Phi) is 6.42. The molecule has 7 nitrogen and oxygen atoms in total. The molecule has 178 valence electrons. The summed E-state index contributed by atoms with van der Waals surface area (Å²) < 4.78 is 2.14. The maximum atomic E-state index is 10.5. The van der Waals surface area contributed by atoms with Crippen LogP contribution in [0, 0.1) is 11.3 Å². The van der Waals surface area contributed by atoms with Gasteiger partial charge in [0.1, 0.15) is 11.6 Å². The normalized spacial score (nSPS) is 19.7. The van der Waals surface area contributed by atoms with Crippen molar-refractivity contribution in [2.75, 3.05) is 5.32 Å². The van der Waals surface area contributed by atoms with Gasteiger partial charge in [-0.2, -0.15) is 5.26 Å². The predicted octanol–water partition coefficient (Wildman–Crippen LogP) is 5.88. The third kappa shape index (κ3) is 4.72. The van der Waals surface area contributed by atoms with Crippen molar-refractivity contribution in [3.8, 4) is 17.3 Å². The number of rotatable bonds is 5. The molecular formula is C27H27ClN6O. The summed E-state index contributed by atoms with van der Waals surface area (Å²) in [7, 11) is 0. The Morgan fingerprint density at radius 2 is 1.83 bits per heavy atom. The number of imidazole rings is 1. The Hall–Kier alpha value is -3.47. The average molecular weight is 487 g/mol. The van der Waals surface area contributed by atoms with E-state index in [1.807, 2.05) is 6.33 Å². The smallest absolute Gasteiger partial charge is 0.132 e. The average Bonchev–Trinajstić information content (AvgIpc) is 3.64. The fourth-order valence-electron chi connectivity index (χ4n) is 4.99. The molecule has 0 unspecified atom stereocenters. The molecule has 8 heteroatoms. The molecule has 0 amide bonds. The van der Waals surface area contributed by atoms with E-state index in [-0.39, 0.29) is 24.6 Å². The van der Waals surface area contributed by atoms with E-state index in [0.717, 1.165) is 53.8 Å². The largest absolute Gasteiger partial charge is 0.391 e. The number of aliphatic hydroxyl groups is 1. The van der Waals surface area contributed by atoms with Gasteiger partial charge in [0.25, 0.3) is 0 Å². The number of pyridine rings is 2. The lowest BCUT2D eigenvalue weighted by Crippen LogP contribution is -2.27. The van der Waals surface area contributed by atoms with Gasteiger partial charge in [0.15, 0.2) is 0 Å². The van der Waals surface area contributed by atoms with E-state index in [1.54, 1.807) is 18.3 Å². The van der Waals surface area contributed by atoms with Crippen molar-refractivity contribution in [3.63, 3.8) is 0 Å². The molecule has 2 aliphatic rings. The van der Waals surface area contributed by atoms with Gasteiger partial charge in [-0.15, -0.1) is 12.4 Å². The minimum absolute atomic E-state index is 0. The molecule has 0 saturated heterocycles. The fourth-order valence-corrected chi connectivity index (χ4v) is 4.99. The van der Waals surface area contributed by atoms with E-state index in [1.165, 1.54) is 18.4 Å². The Bertz CT molecular complexity index is 1410. The molecule has 4 aromatic rings. The quantitative estimate of drug-likeness (QED) is 0.365. The number of nitrogens with zero attached hydrogens (tertiary/aromatic N) is 5. The van der Waals surface area contributed by atoms with Crippen molar-refractivity contribution >= 4 is 35.1 Å². The summed E-state index contributed by atoms with van der Waals surface area (Å²) in [6.45, 7) is 0. The third-order valence-electron chi connectivity index (χ3n) is 6.96. The standard InChI is InChI=1S/C27H26N6O.ClH/c28-15-17-9-10-29-26(11-17)32-27-14-20(18-5-6-18)13-21(31-27)19-7-8-23-22(12-19)30-16-33(23)24-3-1-2-4-25(24)34;/h7-14,16,18,24-25,34H,1-6H2,(H,29,31,32);1H/t24-,25-;/m0./s1. The van der Waals surface area contributed by atoms with Crippen molar-refractivity contribution < 1.29 is 5.11 Å². The highest BCUT2D eigenvalue weighted by molar-refractivity contribution is 5.85. The monoisotopic (exact) mass is 486 g/mol. The zero-order chi connectivity index (χ0) is 23.1. The summed E-state index contributed by atoms with van der Waals surface area (Å²) in [4.78, 5) is 13.9. The van der Waals surface area contributed by atoms with Gasteiger partial charge in [-0.25, -0.2) is 15.0 Å². The number of nitrogens with one attached hydrogen (secondary N) is 1. The van der Waals surface area contributed by atoms with Gasteiger partial charge in [0.05, 0.1) is 46.8 Å². The Morgan fingerprint density at radius 1 is 0.971 bits per heavy atom. The second kappa shape index (κ2) is 9.65. The zero-order valence-electron chi connectivity index (χ0n) is 19.3. The molecule has 2 N–H and O–H groups in total. The lowest BCUT2D eigenvalue weighted by atomic mass is 9.92. The highest BCUT2D eigenvalue weighted by Gasteiger charge is 2.27. The molecule has 3 aromatic heterocycles. The van der Waals surface area contributed by atoms with Gasteiger partial charge in [0, 0.05) is 11.8 Å². The zero-order valence-corrected chi connectivity index (χ0v) is 20.1. The van der Waals surface area contributed by atoms with Crippen LogP contribution in [0.25, 0.3) is 22.3 Å². The summed E-state index contributed by atoms with van der Waals surface area (Å²) in [5.74, 6) is 1.89. The number of halogens is 1. The van der Waals surface area contributed by atoms with E-state index >= 15 is 0 Å². The van der Waals surface area contributed by atoms with Crippen molar-refractivity contribution in [1.82, 2.24) is 19.5 Å². The molecule has 2 atom stereocenters. The number of anilines is 2. The number of aromatic nitrogens is 4. The maximum absolute atomic E-state index is 10.5. The van der Waals surface area contributed by atoms with E-state index < -0.39 is 0 Å². The molecule has 0 spiro atoms. The summed E-state index contributed by atoms with van der Waals surface area (Å²) in [6, 6.07) is 16.2. The van der Waals surface area contributed by atoms with Crippen LogP contribution in [0.3, 0.4) is 0 Å². The first-order chi connectivity index (χ1) is 16.7. The Morgan fingerprint density at radius 3 is 2.63 bits per heavy atom. The van der Waals surface area contributed by atoms with Gasteiger partial charge in [0.2, 0.25) is 0 Å². The topological polar surface area (TPSA) is 99.7 Å². The first-order valence-electron chi connectivity index (χ1n) is 12.0. The van der Waals surface area contributed by atoms with Gasteiger partial charge in [-0.1, -0.05) is 18.9 Å². The Labute approximate surface area is 210 Å². The van der Waals surface area contributed by atoms with Crippen LogP contribution < -0.4 is 5.32 Å². The van der Waals surface area contributed by atoms with Crippen molar-refractivity contribution in [2.24, 2.45) is 0 Å². The molecule has 2 fully saturated rings. The Balaban J connectivity index is 0.00000253. The highest BCUT2D eigenvalue weighted by Crippen LogP contribution is 2.42. The fraction of sp³-hybridized carbons (Fsp3) is 0.333. The number of aliphatic hydroxyl groups excluding tert-OH is 1. The molecule has 1 aromatic carbocycles. The van der Waals surface area contributed by atoms with Crippen LogP contribution >= 0.6 is 12.4 Å². The van der Waals surface area contributed by atoms with Crippen LogP contribution in [0.1, 0.15) is 61.6 Å². The van der Waals surface area contributed by atoms with Crippen molar-refractivity contribution in [1.29, 1.82) is 5.26 Å². The van der Waals surface area contributed by atoms with Crippen LogP contribution in [-0.4, -0.2) is 30.7 Å². The summed E-state index contributed by atoms with van der Waals surface area (Å²) >= 11 is 0. The SMILES string of the molecule is Cl.N#Cc1ccnc(Nc2cc(C3CC3)cc(-c3ccc4c(c3)ncn4[C@H]3CCCC[C@@H]3O)n2)c1. The first-order valence-corrected chi connectivity index (χ1v) is 12.0. The third-order valence-corrected chi connectivity index (χ3v) is 6.96. The van der Waals surface area contributed by atoms with Crippen molar-refractivity contribution in [2.45, 2.75) is 56.6 Å². The number of nitriles is 1. The van der Waals surface area contributed by atoms with Gasteiger partial charge in [-0.05, 0) is 73.6 Å². The van der Waals surface area contributed by atoms with E-state index in [9.17, 15) is 10.4 Å². The lowest BCUT2D eigenvalue weighted by molar-refractivity contribution is 0.0773. The van der Waals surface area contributed by atoms with Gasteiger partial charge in [-0.3, -0.25) is 0 Å². The molecule has 2 saturated carbocycles. The predicted molar refractivity (Wildman–Crippen MR) is 138 cm³/mol. The number of fused-ring (bicyclic) bond motifs is 1. The van der Waals surface area contributed by atoms with Crippen molar-refractivity contribution in [3.05, 3.63) is 66.1 Å². The van der Waals surface area contributed by atoms with Gasteiger partial charge < -0.3 is 15.0 Å². The molecule has 0 aliphatic heterocycles. The first kappa shape index (κ1) is 23.3. The molecule has 35 heavy (non-hydrogen) atoms. The van der Waals surface area contributed by atoms with Crippen LogP contribution in [0.5, 0.6) is 0 Å². The van der Waals surface area contributed by atoms with E-state index in [2.05, 4.69) is 56.3 Å². The maximum Gasteiger partial charge on any atom is 0.132 e. The molecule has 0 bridgehead atoms. The summed E-state index contributed by atoms with van der Waals surface area (Å²) in [5, 5.41) is 23.0. The molecule has 0 radical (unpaired) electrons. The number of hydrogen-bond donors (Lipinski definition) is 2. The molecular weight excluding hydrogens is 460 g/mol. The highest BCUT2D eigenvalue weighted by atomic mass is 35.5. The van der Waals surface area contributed by atoms with Crippen LogP contribution in [0.4, 0.5) is 11.6 Å². The molecule has 3 heterocycles. The van der Waals surface area contributed by atoms with Crippen LogP contribution in [0.15, 0.2) is 55.0 Å². The summed E-state index contributed by atoms with van der Waals surface area (Å²) in [5.41, 5.74) is 5.67. The summed E-state index contributed by atoms with van der Waals surface area (Å²) in [6.07, 6.45) is 9.62. The lowest BCUT2D eigenvalue weighted by Gasteiger charge is -2.29. The number of hydrogen-bond acceptors (Lipinski definition) is 6. The van der Waals surface area contributed by atoms with E-state index in [0.29, 0.717) is 17.3 Å². The van der Waals surface area contributed by atoms with E-state index in [4.69, 9.17) is 4.98 Å². The van der Waals surface area contributed by atoms with Crippen LogP contribution in [0.2, 0.25) is 0 Å². The molecule has 2 aliphatic carbocycles. The van der Waals surface area contributed by atoms with Crippen LogP contribution in [-0.2, 0) is 0 Å². The minimum Gasteiger partial charge on any atom is -0.391 e. The molecule has 6 rings (SSSR count).